The van der Waals surface area contributed by atoms with Crippen molar-refractivity contribution in [2.75, 3.05) is 24.5 Å². The molecule has 5 rings (SSSR count). The van der Waals surface area contributed by atoms with E-state index in [1.165, 1.54) is 41.5 Å². The molecule has 2 aromatic rings. The second-order valence-electron chi connectivity index (χ2n) is 10.4. The number of urea groups is 1. The number of carbonyl (C=O) groups is 1. The third-order valence-corrected chi connectivity index (χ3v) is 7.95. The molecule has 3 aliphatic rings. The quantitative estimate of drug-likeness (QED) is 0.677. The highest BCUT2D eigenvalue weighted by Crippen LogP contribution is 2.47. The summed E-state index contributed by atoms with van der Waals surface area (Å²) >= 11 is 0. The predicted molar refractivity (Wildman–Crippen MR) is 131 cm³/mol. The van der Waals surface area contributed by atoms with Crippen molar-refractivity contribution in [3.8, 4) is 0 Å². The molecule has 170 valence electrons. The number of aryl methyl sites for hydroxylation is 2. The third-order valence-electron chi connectivity index (χ3n) is 7.95. The number of rotatable bonds is 3. The van der Waals surface area contributed by atoms with E-state index in [0.717, 1.165) is 57.5 Å². The summed E-state index contributed by atoms with van der Waals surface area (Å²) in [5, 5.41) is 3.36. The number of amides is 2. The van der Waals surface area contributed by atoms with Gasteiger partial charge < -0.3 is 5.32 Å². The second-order valence-corrected chi connectivity index (χ2v) is 10.4. The van der Waals surface area contributed by atoms with E-state index in [9.17, 15) is 4.79 Å². The minimum atomic E-state index is 0.0916. The Hall–Kier alpha value is -2.33. The number of anilines is 1. The van der Waals surface area contributed by atoms with Crippen LogP contribution >= 0.6 is 0 Å². The Bertz CT molecular complexity index is 970. The molecule has 0 aromatic heterocycles. The van der Waals surface area contributed by atoms with Crippen molar-refractivity contribution in [3.63, 3.8) is 0 Å². The molecule has 2 fully saturated rings. The van der Waals surface area contributed by atoms with Gasteiger partial charge in [0.15, 0.2) is 0 Å². The van der Waals surface area contributed by atoms with Crippen LogP contribution in [0.1, 0.15) is 67.2 Å². The van der Waals surface area contributed by atoms with E-state index in [0.29, 0.717) is 6.04 Å². The summed E-state index contributed by atoms with van der Waals surface area (Å²) in [6.45, 7) is 8.34. The lowest BCUT2D eigenvalue weighted by atomic mass is 9.74. The van der Waals surface area contributed by atoms with Crippen LogP contribution in [0.15, 0.2) is 42.5 Å². The number of carbonyl (C=O) groups excluding carboxylic acids is 1. The molecule has 1 saturated heterocycles. The van der Waals surface area contributed by atoms with Crippen molar-refractivity contribution < 1.29 is 4.79 Å². The molecule has 0 bridgehead atoms. The number of hydrogen-bond acceptors (Lipinski definition) is 2. The number of likely N-dealkylation sites (tertiary alicyclic amines) is 1. The maximum atomic E-state index is 13.3. The number of nitrogens with one attached hydrogen (secondary N) is 1. The predicted octanol–water partition coefficient (Wildman–Crippen LogP) is 5.70. The molecule has 0 unspecified atom stereocenters. The van der Waals surface area contributed by atoms with Gasteiger partial charge in [0.2, 0.25) is 0 Å². The van der Waals surface area contributed by atoms with Crippen LogP contribution in [0.3, 0.4) is 0 Å². The van der Waals surface area contributed by atoms with Gasteiger partial charge in [0, 0.05) is 30.2 Å². The van der Waals surface area contributed by atoms with Gasteiger partial charge >= 0.3 is 6.03 Å². The highest BCUT2D eigenvalue weighted by molar-refractivity contribution is 5.95. The SMILES string of the molecule is Cc1cccc(CN2CCC3(CC2)CN(C(=O)NC2CCCCC2)c2ccc(C)cc23)c1. The Morgan fingerprint density at radius 1 is 1.00 bits per heavy atom. The van der Waals surface area contributed by atoms with Gasteiger partial charge in [-0.2, -0.15) is 0 Å². The van der Waals surface area contributed by atoms with Crippen molar-refractivity contribution in [2.24, 2.45) is 0 Å². The van der Waals surface area contributed by atoms with Crippen LogP contribution in [-0.2, 0) is 12.0 Å². The van der Waals surface area contributed by atoms with Crippen LogP contribution in [0, 0.1) is 13.8 Å². The molecule has 2 heterocycles. The summed E-state index contributed by atoms with van der Waals surface area (Å²) in [6, 6.07) is 16.0. The van der Waals surface area contributed by atoms with E-state index in [-0.39, 0.29) is 11.4 Å². The Kier molecular flexibility index (Phi) is 5.98. The lowest BCUT2D eigenvalue weighted by Crippen LogP contribution is -2.49. The Morgan fingerprint density at radius 3 is 2.50 bits per heavy atom. The molecule has 2 aromatic carbocycles. The number of piperidine rings is 1. The molecule has 0 radical (unpaired) electrons. The lowest BCUT2D eigenvalue weighted by molar-refractivity contribution is 0.159. The van der Waals surface area contributed by atoms with Gasteiger partial charge in [-0.15, -0.1) is 0 Å². The number of fused-ring (bicyclic) bond motifs is 2. The van der Waals surface area contributed by atoms with Gasteiger partial charge in [-0.05, 0) is 69.8 Å². The van der Waals surface area contributed by atoms with E-state index in [1.54, 1.807) is 0 Å². The smallest absolute Gasteiger partial charge is 0.322 e. The number of benzene rings is 2. The summed E-state index contributed by atoms with van der Waals surface area (Å²) in [7, 11) is 0. The molecule has 2 aliphatic heterocycles. The summed E-state index contributed by atoms with van der Waals surface area (Å²) in [4.78, 5) is 18.0. The van der Waals surface area contributed by atoms with Crippen molar-refractivity contribution in [1.82, 2.24) is 10.2 Å². The van der Waals surface area contributed by atoms with Crippen LogP contribution in [0.2, 0.25) is 0 Å². The fourth-order valence-corrected chi connectivity index (χ4v) is 6.10. The number of hydrogen-bond donors (Lipinski definition) is 1. The van der Waals surface area contributed by atoms with E-state index < -0.39 is 0 Å². The van der Waals surface area contributed by atoms with E-state index in [2.05, 4.69) is 71.4 Å². The molecular formula is C28H37N3O. The largest absolute Gasteiger partial charge is 0.335 e. The second kappa shape index (κ2) is 8.90. The minimum absolute atomic E-state index is 0.0916. The molecule has 1 N–H and O–H groups in total. The zero-order valence-corrected chi connectivity index (χ0v) is 19.7. The first-order valence-electron chi connectivity index (χ1n) is 12.5. The minimum Gasteiger partial charge on any atom is -0.335 e. The highest BCUT2D eigenvalue weighted by Gasteiger charge is 2.46. The van der Waals surface area contributed by atoms with E-state index in [1.807, 2.05) is 0 Å². The van der Waals surface area contributed by atoms with E-state index >= 15 is 0 Å². The fourth-order valence-electron chi connectivity index (χ4n) is 6.10. The zero-order valence-electron chi connectivity index (χ0n) is 19.7. The van der Waals surface area contributed by atoms with Crippen LogP contribution in [0.4, 0.5) is 10.5 Å². The molecule has 2 amide bonds. The Labute approximate surface area is 193 Å². The van der Waals surface area contributed by atoms with E-state index in [4.69, 9.17) is 0 Å². The normalized spacial score (nSPS) is 21.0. The first kappa shape index (κ1) is 21.5. The van der Waals surface area contributed by atoms with Crippen LogP contribution in [-0.4, -0.2) is 36.6 Å². The third kappa shape index (κ3) is 4.30. The summed E-state index contributed by atoms with van der Waals surface area (Å²) in [5.74, 6) is 0. The number of nitrogens with zero attached hydrogens (tertiary/aromatic N) is 2. The zero-order chi connectivity index (χ0) is 22.1. The van der Waals surface area contributed by atoms with Crippen molar-refractivity contribution >= 4 is 11.7 Å². The maximum Gasteiger partial charge on any atom is 0.322 e. The van der Waals surface area contributed by atoms with Crippen molar-refractivity contribution in [2.45, 2.75) is 76.8 Å². The molecule has 4 nitrogen and oxygen atoms in total. The average Bonchev–Trinajstić information content (AvgIpc) is 3.10. The molecule has 1 spiro atoms. The molecular weight excluding hydrogens is 394 g/mol. The first-order chi connectivity index (χ1) is 15.5. The standard InChI is InChI=1S/C28H37N3O/c1-21-7-6-8-23(17-21)19-30-15-13-28(14-16-30)20-31(26-12-11-22(2)18-25(26)28)27(32)29-24-9-4-3-5-10-24/h6-8,11-12,17-18,24H,3-5,9-10,13-16,19-20H2,1-2H3,(H,29,32). The molecule has 0 atom stereocenters. The fraction of sp³-hybridized carbons (Fsp3) is 0.536. The summed E-state index contributed by atoms with van der Waals surface area (Å²) in [6.07, 6.45) is 8.26. The van der Waals surface area contributed by atoms with Crippen LogP contribution < -0.4 is 10.2 Å². The summed E-state index contributed by atoms with van der Waals surface area (Å²) in [5.41, 5.74) is 6.64. The van der Waals surface area contributed by atoms with Gasteiger partial charge in [0.25, 0.3) is 0 Å². The van der Waals surface area contributed by atoms with Gasteiger partial charge in [-0.25, -0.2) is 4.79 Å². The first-order valence-corrected chi connectivity index (χ1v) is 12.5. The van der Waals surface area contributed by atoms with Gasteiger partial charge in [-0.1, -0.05) is 66.8 Å². The topological polar surface area (TPSA) is 35.6 Å². The van der Waals surface area contributed by atoms with Gasteiger partial charge in [0.05, 0.1) is 0 Å². The highest BCUT2D eigenvalue weighted by atomic mass is 16.2. The monoisotopic (exact) mass is 431 g/mol. The van der Waals surface area contributed by atoms with Gasteiger partial charge in [0.1, 0.15) is 0 Å². The van der Waals surface area contributed by atoms with Crippen molar-refractivity contribution in [1.29, 1.82) is 0 Å². The molecule has 4 heteroatoms. The van der Waals surface area contributed by atoms with Crippen LogP contribution in [0.5, 0.6) is 0 Å². The van der Waals surface area contributed by atoms with Gasteiger partial charge in [-0.3, -0.25) is 9.80 Å². The van der Waals surface area contributed by atoms with Crippen LogP contribution in [0.25, 0.3) is 0 Å². The lowest BCUT2D eigenvalue weighted by Gasteiger charge is -2.40. The summed E-state index contributed by atoms with van der Waals surface area (Å²) < 4.78 is 0. The van der Waals surface area contributed by atoms with Crippen molar-refractivity contribution in [3.05, 3.63) is 64.7 Å². The molecule has 32 heavy (non-hydrogen) atoms. The molecule has 1 saturated carbocycles. The Balaban J connectivity index is 1.31. The maximum absolute atomic E-state index is 13.3. The Morgan fingerprint density at radius 2 is 1.75 bits per heavy atom. The average molecular weight is 432 g/mol. The molecule has 1 aliphatic carbocycles.